The quantitative estimate of drug-likeness (QED) is 0.450. The largest absolute Gasteiger partial charge is 0.508 e. The summed E-state index contributed by atoms with van der Waals surface area (Å²) in [5.41, 5.74) is 1.27. The Balaban J connectivity index is 0.00000242. The van der Waals surface area contributed by atoms with Crippen LogP contribution in [-0.4, -0.2) is 52.7 Å². The maximum Gasteiger partial charge on any atom is 0.446 e. The van der Waals surface area contributed by atoms with E-state index in [0.717, 1.165) is 11.6 Å². The monoisotopic (exact) mass is 331 g/mol. The number of hydrogen-bond donors (Lipinski definition) is 3. The first-order valence-corrected chi connectivity index (χ1v) is 7.16. The van der Waals surface area contributed by atoms with Gasteiger partial charge in [0.2, 0.25) is 0 Å². The molecule has 2 rings (SSSR count). The van der Waals surface area contributed by atoms with E-state index in [1.54, 1.807) is 24.3 Å². The van der Waals surface area contributed by atoms with Crippen molar-refractivity contribution >= 4 is 52.1 Å². The predicted molar refractivity (Wildman–Crippen MR) is 83.1 cm³/mol. The third kappa shape index (κ3) is 6.08. The molecule has 0 fully saturated rings. The number of aromatic hydroxyl groups is 2. The molecule has 22 heavy (non-hydrogen) atoms. The number of phenols is 2. The minimum Gasteiger partial charge on any atom is -0.508 e. The van der Waals surface area contributed by atoms with Crippen molar-refractivity contribution in [2.24, 2.45) is 0 Å². The van der Waals surface area contributed by atoms with Crippen LogP contribution in [0.25, 0.3) is 12.2 Å². The molecule has 6 nitrogen and oxygen atoms in total. The molecule has 2 aromatic carbocycles. The molecule has 3 N–H and O–H groups in total. The van der Waals surface area contributed by atoms with Crippen LogP contribution in [0.4, 0.5) is 0 Å². The van der Waals surface area contributed by atoms with Crippen LogP contribution in [0, 0.1) is 0 Å². The summed E-state index contributed by atoms with van der Waals surface area (Å²) < 4.78 is 34.2. The molecule has 0 amide bonds. The van der Waals surface area contributed by atoms with Crippen LogP contribution in [0.15, 0.2) is 42.5 Å². The van der Waals surface area contributed by atoms with Gasteiger partial charge in [0.15, 0.2) is 0 Å². The Morgan fingerprint density at radius 3 is 2.05 bits per heavy atom. The second-order valence-corrected chi connectivity index (χ2v) is 5.22. The molecular formula is C14H12NaO6S. The summed E-state index contributed by atoms with van der Waals surface area (Å²) in [6.45, 7) is 0. The third-order valence-corrected chi connectivity index (χ3v) is 2.88. The molecule has 8 heteroatoms. The van der Waals surface area contributed by atoms with Crippen LogP contribution in [0.2, 0.25) is 0 Å². The van der Waals surface area contributed by atoms with Gasteiger partial charge in [-0.2, -0.15) is 8.42 Å². The second-order valence-electron chi connectivity index (χ2n) is 4.20. The smallest absolute Gasteiger partial charge is 0.446 e. The van der Waals surface area contributed by atoms with Crippen molar-refractivity contribution in [3.05, 3.63) is 53.6 Å². The van der Waals surface area contributed by atoms with E-state index in [-0.39, 0.29) is 46.8 Å². The molecule has 0 saturated heterocycles. The van der Waals surface area contributed by atoms with E-state index in [4.69, 9.17) is 9.66 Å². The first-order valence-electron chi connectivity index (χ1n) is 5.80. The molecule has 1 radical (unpaired) electrons. The van der Waals surface area contributed by atoms with Crippen molar-refractivity contribution in [3.63, 3.8) is 0 Å². The van der Waals surface area contributed by atoms with Crippen molar-refractivity contribution in [2.45, 2.75) is 0 Å². The van der Waals surface area contributed by atoms with Gasteiger partial charge in [0.1, 0.15) is 17.2 Å². The summed E-state index contributed by atoms with van der Waals surface area (Å²) in [6.07, 6.45) is 3.31. The van der Waals surface area contributed by atoms with Crippen LogP contribution in [-0.2, 0) is 10.4 Å². The van der Waals surface area contributed by atoms with E-state index in [9.17, 15) is 13.5 Å². The molecule has 0 unspecified atom stereocenters. The average molecular weight is 331 g/mol. The van der Waals surface area contributed by atoms with E-state index in [0.29, 0.717) is 5.56 Å². The zero-order valence-corrected chi connectivity index (χ0v) is 14.5. The first kappa shape index (κ1) is 18.5. The topological polar surface area (TPSA) is 104 Å². The molecule has 0 aliphatic heterocycles. The summed E-state index contributed by atoms with van der Waals surface area (Å²) in [5, 5.41) is 18.7. The summed E-state index contributed by atoms with van der Waals surface area (Å²) in [5.74, 6) is -0.266. The molecule has 111 valence electrons. The van der Waals surface area contributed by atoms with Crippen molar-refractivity contribution in [1.82, 2.24) is 0 Å². The van der Waals surface area contributed by atoms with Gasteiger partial charge in [0, 0.05) is 35.6 Å². The van der Waals surface area contributed by atoms with Crippen LogP contribution in [0.3, 0.4) is 0 Å². The standard InChI is InChI=1S/C14H12O6S.Na/c15-12-5-3-10(4-6-12)1-2-11-7-13(16)9-14(8-11)20-21(17,18)19;/h1-9,15-16H,(H,17,18,19);/b2-1+;. The Morgan fingerprint density at radius 2 is 1.45 bits per heavy atom. The molecular weight excluding hydrogens is 319 g/mol. The zero-order valence-electron chi connectivity index (χ0n) is 11.7. The molecule has 0 aromatic heterocycles. The van der Waals surface area contributed by atoms with Crippen LogP contribution < -0.4 is 4.18 Å². The van der Waals surface area contributed by atoms with Gasteiger partial charge < -0.3 is 14.4 Å². The van der Waals surface area contributed by atoms with Crippen LogP contribution in [0.1, 0.15) is 11.1 Å². The maximum absolute atomic E-state index is 10.6. The van der Waals surface area contributed by atoms with Crippen molar-refractivity contribution in [1.29, 1.82) is 0 Å². The van der Waals surface area contributed by atoms with Gasteiger partial charge >= 0.3 is 10.4 Å². The minimum atomic E-state index is -4.65. The van der Waals surface area contributed by atoms with Crippen molar-refractivity contribution < 1.29 is 27.4 Å². The predicted octanol–water partition coefficient (Wildman–Crippen LogP) is 2.07. The molecule has 0 bridgehead atoms. The van der Waals surface area contributed by atoms with E-state index in [2.05, 4.69) is 4.18 Å². The fourth-order valence-electron chi connectivity index (χ4n) is 1.65. The normalized spacial score (nSPS) is 11.1. The summed E-state index contributed by atoms with van der Waals surface area (Å²) in [7, 11) is -4.65. The molecule has 0 heterocycles. The van der Waals surface area contributed by atoms with Gasteiger partial charge in [-0.3, -0.25) is 4.55 Å². The summed E-state index contributed by atoms with van der Waals surface area (Å²) in [4.78, 5) is 0. The first-order chi connectivity index (χ1) is 9.82. The van der Waals surface area contributed by atoms with E-state index < -0.39 is 10.4 Å². The zero-order chi connectivity index (χ0) is 15.5. The fraction of sp³-hybridized carbons (Fsp3) is 0. The van der Waals surface area contributed by atoms with Gasteiger partial charge in [-0.1, -0.05) is 24.3 Å². The molecule has 2 aromatic rings. The summed E-state index contributed by atoms with van der Waals surface area (Å²) >= 11 is 0. The Bertz CT molecular complexity index is 768. The van der Waals surface area contributed by atoms with Gasteiger partial charge in [-0.15, -0.1) is 0 Å². The molecule has 0 aliphatic rings. The Kier molecular flexibility index (Phi) is 6.46. The molecule has 0 aliphatic carbocycles. The number of benzene rings is 2. The average Bonchev–Trinajstić information content (AvgIpc) is 2.35. The van der Waals surface area contributed by atoms with Crippen molar-refractivity contribution in [3.8, 4) is 17.2 Å². The summed E-state index contributed by atoms with van der Waals surface area (Å²) in [6, 6.07) is 10.2. The van der Waals surface area contributed by atoms with E-state index >= 15 is 0 Å². The number of hydrogen-bond acceptors (Lipinski definition) is 5. The Hall–Kier alpha value is -1.51. The second kappa shape index (κ2) is 7.66. The van der Waals surface area contributed by atoms with Gasteiger partial charge in [0.25, 0.3) is 0 Å². The van der Waals surface area contributed by atoms with Gasteiger partial charge in [-0.25, -0.2) is 0 Å². The SMILES string of the molecule is O=S(=O)(O)Oc1cc(O)cc(/C=C/c2ccc(O)cc2)c1.[Na]. The Morgan fingerprint density at radius 1 is 0.864 bits per heavy atom. The molecule has 0 saturated carbocycles. The molecule has 0 spiro atoms. The fourth-order valence-corrected chi connectivity index (χ4v) is 1.99. The number of phenolic OH excluding ortho intramolecular Hbond substituents is 2. The van der Waals surface area contributed by atoms with Crippen LogP contribution in [0.5, 0.6) is 17.2 Å². The van der Waals surface area contributed by atoms with Gasteiger partial charge in [0.05, 0.1) is 0 Å². The van der Waals surface area contributed by atoms with Crippen LogP contribution >= 0.6 is 0 Å². The van der Waals surface area contributed by atoms with E-state index in [1.165, 1.54) is 24.3 Å². The Labute approximate surface area is 149 Å². The van der Waals surface area contributed by atoms with Gasteiger partial charge in [-0.05, 0) is 35.4 Å². The maximum atomic E-state index is 10.6. The number of rotatable bonds is 4. The molecule has 0 atom stereocenters. The minimum absolute atomic E-state index is 0. The van der Waals surface area contributed by atoms with Crippen molar-refractivity contribution in [2.75, 3.05) is 0 Å². The third-order valence-electron chi connectivity index (χ3n) is 2.48. The van der Waals surface area contributed by atoms with E-state index in [1.807, 2.05) is 0 Å².